The molecule has 4 heteroatoms. The van der Waals surface area contributed by atoms with E-state index in [9.17, 15) is 4.39 Å². The number of likely N-dealkylation sites (tertiary alicyclic amines) is 1. The largest absolute Gasteiger partial charge is 0.310 e. The maximum absolute atomic E-state index is 13.0. The van der Waals surface area contributed by atoms with Gasteiger partial charge in [-0.15, -0.1) is 0 Å². The number of rotatable bonds is 4. The van der Waals surface area contributed by atoms with Crippen LogP contribution < -0.4 is 5.32 Å². The van der Waals surface area contributed by atoms with Crippen molar-refractivity contribution in [2.75, 3.05) is 26.7 Å². The van der Waals surface area contributed by atoms with Gasteiger partial charge in [-0.05, 0) is 51.0 Å². The van der Waals surface area contributed by atoms with Crippen molar-refractivity contribution < 1.29 is 4.39 Å². The number of nitrogens with one attached hydrogen (secondary N) is 1. The Bertz CT molecular complexity index is 369. The van der Waals surface area contributed by atoms with Crippen LogP contribution in [0, 0.1) is 11.7 Å². The van der Waals surface area contributed by atoms with E-state index in [1.165, 1.54) is 19.2 Å². The average Bonchev–Trinajstić information content (AvgIpc) is 2.72. The van der Waals surface area contributed by atoms with Crippen LogP contribution in [-0.2, 0) is 0 Å². The molecule has 0 saturated carbocycles. The van der Waals surface area contributed by atoms with E-state index in [1.807, 2.05) is 0 Å². The van der Waals surface area contributed by atoms with Crippen LogP contribution in [0.5, 0.6) is 0 Å². The maximum Gasteiger partial charge on any atom is 0.141 e. The van der Waals surface area contributed by atoms with Gasteiger partial charge in [-0.25, -0.2) is 4.39 Å². The summed E-state index contributed by atoms with van der Waals surface area (Å²) in [5.74, 6) is 0.445. The van der Waals surface area contributed by atoms with Crippen LogP contribution in [0.4, 0.5) is 4.39 Å². The predicted molar refractivity (Wildman–Crippen MR) is 66.2 cm³/mol. The normalized spacial score (nSPS) is 22.9. The van der Waals surface area contributed by atoms with E-state index in [4.69, 9.17) is 0 Å². The van der Waals surface area contributed by atoms with Crippen molar-refractivity contribution in [3.63, 3.8) is 0 Å². The standard InChI is InChI=1S/C13H20FN3/c1-10(12-5-13(14)8-15-7-12)16-6-11-3-4-17(2)9-11/h5,7-8,10-11,16H,3-4,6,9H2,1-2H3. The minimum atomic E-state index is -0.267. The van der Waals surface area contributed by atoms with Crippen LogP contribution in [0.2, 0.25) is 0 Å². The molecule has 0 bridgehead atoms. The van der Waals surface area contributed by atoms with E-state index in [2.05, 4.69) is 29.2 Å². The quantitative estimate of drug-likeness (QED) is 0.866. The summed E-state index contributed by atoms with van der Waals surface area (Å²) in [4.78, 5) is 6.22. The number of nitrogens with zero attached hydrogens (tertiary/aromatic N) is 2. The number of aromatic nitrogens is 1. The summed E-state index contributed by atoms with van der Waals surface area (Å²) in [7, 11) is 2.15. The van der Waals surface area contributed by atoms with Crippen LogP contribution in [0.1, 0.15) is 24.9 Å². The highest BCUT2D eigenvalue weighted by Gasteiger charge is 2.19. The highest BCUT2D eigenvalue weighted by molar-refractivity contribution is 5.14. The summed E-state index contributed by atoms with van der Waals surface area (Å²) in [6, 6.07) is 1.70. The number of halogens is 1. The first-order chi connectivity index (χ1) is 8.15. The zero-order chi connectivity index (χ0) is 12.3. The molecule has 2 atom stereocenters. The fourth-order valence-corrected chi connectivity index (χ4v) is 2.32. The lowest BCUT2D eigenvalue weighted by molar-refractivity contribution is 0.382. The second-order valence-corrected chi connectivity index (χ2v) is 4.98. The molecule has 1 fully saturated rings. The second-order valence-electron chi connectivity index (χ2n) is 4.98. The summed E-state index contributed by atoms with van der Waals surface area (Å²) in [6.07, 6.45) is 4.21. The van der Waals surface area contributed by atoms with E-state index < -0.39 is 0 Å². The molecule has 1 aromatic heterocycles. The van der Waals surface area contributed by atoms with Gasteiger partial charge in [0.2, 0.25) is 0 Å². The number of hydrogen-bond donors (Lipinski definition) is 1. The summed E-state index contributed by atoms with van der Waals surface area (Å²) in [5.41, 5.74) is 0.913. The first-order valence-corrected chi connectivity index (χ1v) is 6.17. The molecule has 0 spiro atoms. The van der Waals surface area contributed by atoms with E-state index in [0.29, 0.717) is 5.92 Å². The highest BCUT2D eigenvalue weighted by Crippen LogP contribution is 2.16. The van der Waals surface area contributed by atoms with Crippen LogP contribution in [0.3, 0.4) is 0 Å². The van der Waals surface area contributed by atoms with Gasteiger partial charge in [0, 0.05) is 18.8 Å². The van der Waals surface area contributed by atoms with E-state index in [0.717, 1.165) is 18.7 Å². The summed E-state index contributed by atoms with van der Waals surface area (Å²) in [6.45, 7) is 5.38. The van der Waals surface area contributed by atoms with Gasteiger partial charge in [0.25, 0.3) is 0 Å². The van der Waals surface area contributed by atoms with Crippen molar-refractivity contribution in [1.29, 1.82) is 0 Å². The Morgan fingerprint density at radius 3 is 3.06 bits per heavy atom. The van der Waals surface area contributed by atoms with Crippen LogP contribution in [0.15, 0.2) is 18.5 Å². The van der Waals surface area contributed by atoms with Gasteiger partial charge in [-0.2, -0.15) is 0 Å². The van der Waals surface area contributed by atoms with Gasteiger partial charge >= 0.3 is 0 Å². The molecular formula is C13H20FN3. The van der Waals surface area contributed by atoms with Crippen molar-refractivity contribution in [2.45, 2.75) is 19.4 Å². The molecule has 1 N–H and O–H groups in total. The molecular weight excluding hydrogens is 217 g/mol. The van der Waals surface area contributed by atoms with Crippen molar-refractivity contribution >= 4 is 0 Å². The number of pyridine rings is 1. The third-order valence-electron chi connectivity index (χ3n) is 3.43. The van der Waals surface area contributed by atoms with Gasteiger partial charge < -0.3 is 10.2 Å². The molecule has 1 aliphatic rings. The summed E-state index contributed by atoms with van der Waals surface area (Å²) in [5, 5.41) is 3.46. The molecule has 0 radical (unpaired) electrons. The van der Waals surface area contributed by atoms with Crippen LogP contribution >= 0.6 is 0 Å². The lowest BCUT2D eigenvalue weighted by atomic mass is 10.1. The Kier molecular flexibility index (Phi) is 4.07. The smallest absolute Gasteiger partial charge is 0.141 e. The molecule has 1 saturated heterocycles. The topological polar surface area (TPSA) is 28.2 Å². The van der Waals surface area contributed by atoms with Gasteiger partial charge in [0.05, 0.1) is 6.20 Å². The molecule has 94 valence electrons. The van der Waals surface area contributed by atoms with Gasteiger partial charge in [-0.1, -0.05) is 0 Å². The van der Waals surface area contributed by atoms with Gasteiger partial charge in [-0.3, -0.25) is 4.98 Å². The highest BCUT2D eigenvalue weighted by atomic mass is 19.1. The van der Waals surface area contributed by atoms with Crippen molar-refractivity contribution in [3.8, 4) is 0 Å². The number of hydrogen-bond acceptors (Lipinski definition) is 3. The van der Waals surface area contributed by atoms with E-state index in [1.54, 1.807) is 12.3 Å². The molecule has 1 aromatic rings. The Morgan fingerprint density at radius 2 is 2.41 bits per heavy atom. The Morgan fingerprint density at radius 1 is 1.59 bits per heavy atom. The van der Waals surface area contributed by atoms with Crippen molar-refractivity contribution in [2.24, 2.45) is 5.92 Å². The molecule has 2 rings (SSSR count). The Balaban J connectivity index is 1.83. The fourth-order valence-electron chi connectivity index (χ4n) is 2.32. The molecule has 3 nitrogen and oxygen atoms in total. The third kappa shape index (κ3) is 3.48. The van der Waals surface area contributed by atoms with Gasteiger partial charge in [0.1, 0.15) is 5.82 Å². The Labute approximate surface area is 102 Å². The lowest BCUT2D eigenvalue weighted by Crippen LogP contribution is -2.27. The zero-order valence-corrected chi connectivity index (χ0v) is 10.5. The summed E-state index contributed by atoms with van der Waals surface area (Å²) >= 11 is 0. The lowest BCUT2D eigenvalue weighted by Gasteiger charge is -2.17. The monoisotopic (exact) mass is 237 g/mol. The summed E-state index contributed by atoms with van der Waals surface area (Å²) < 4.78 is 13.0. The molecule has 17 heavy (non-hydrogen) atoms. The third-order valence-corrected chi connectivity index (χ3v) is 3.43. The maximum atomic E-state index is 13.0. The minimum Gasteiger partial charge on any atom is -0.310 e. The molecule has 2 unspecified atom stereocenters. The average molecular weight is 237 g/mol. The molecule has 0 aliphatic carbocycles. The van der Waals surface area contributed by atoms with Crippen LogP contribution in [-0.4, -0.2) is 36.6 Å². The van der Waals surface area contributed by atoms with Crippen molar-refractivity contribution in [3.05, 3.63) is 29.8 Å². The zero-order valence-electron chi connectivity index (χ0n) is 10.5. The van der Waals surface area contributed by atoms with E-state index in [-0.39, 0.29) is 11.9 Å². The molecule has 0 amide bonds. The molecule has 1 aliphatic heterocycles. The minimum absolute atomic E-state index is 0.157. The molecule has 0 aromatic carbocycles. The first-order valence-electron chi connectivity index (χ1n) is 6.17. The van der Waals surface area contributed by atoms with Gasteiger partial charge in [0.15, 0.2) is 0 Å². The fraction of sp³-hybridized carbons (Fsp3) is 0.615. The molecule has 2 heterocycles. The second kappa shape index (κ2) is 5.56. The van der Waals surface area contributed by atoms with Crippen molar-refractivity contribution in [1.82, 2.24) is 15.2 Å². The Hall–Kier alpha value is -1.00. The predicted octanol–water partition coefficient (Wildman–Crippen LogP) is 1.82. The van der Waals surface area contributed by atoms with Crippen LogP contribution in [0.25, 0.3) is 0 Å². The SMILES string of the molecule is CC(NCC1CCN(C)C1)c1cncc(F)c1. The first kappa shape index (κ1) is 12.5. The van der Waals surface area contributed by atoms with E-state index >= 15 is 0 Å².